The molecule has 0 fully saturated rings. The summed E-state index contributed by atoms with van der Waals surface area (Å²) in [6.07, 6.45) is 1.77. The van der Waals surface area contributed by atoms with E-state index in [-0.39, 0.29) is 23.3 Å². The van der Waals surface area contributed by atoms with Crippen molar-refractivity contribution in [1.82, 2.24) is 9.03 Å². The maximum absolute atomic E-state index is 12.0. The molecule has 0 radical (unpaired) electrons. The Morgan fingerprint density at radius 3 is 2.38 bits per heavy atom. The van der Waals surface area contributed by atoms with E-state index in [1.165, 1.54) is 16.4 Å². The van der Waals surface area contributed by atoms with Gasteiger partial charge in [-0.2, -0.15) is 4.31 Å². The highest BCUT2D eigenvalue weighted by molar-refractivity contribution is 7.91. The Bertz CT molecular complexity index is 669. The molecule has 1 aromatic heterocycles. The van der Waals surface area contributed by atoms with Gasteiger partial charge in [0.05, 0.1) is 10.6 Å². The highest BCUT2D eigenvalue weighted by Gasteiger charge is 2.23. The highest BCUT2D eigenvalue weighted by atomic mass is 35.5. The van der Waals surface area contributed by atoms with Crippen molar-refractivity contribution >= 4 is 43.0 Å². The summed E-state index contributed by atoms with van der Waals surface area (Å²) in [5, 5.41) is 0. The first kappa shape index (κ1) is 18.9. The molecule has 0 saturated carbocycles. The molecule has 6 nitrogen and oxygen atoms in total. The smallest absolute Gasteiger partial charge is 0.212 e. The van der Waals surface area contributed by atoms with E-state index in [0.29, 0.717) is 10.8 Å². The van der Waals surface area contributed by atoms with Gasteiger partial charge in [0.1, 0.15) is 4.21 Å². The molecule has 0 bridgehead atoms. The molecule has 1 N–H and O–H groups in total. The van der Waals surface area contributed by atoms with Gasteiger partial charge in [0, 0.05) is 19.1 Å². The van der Waals surface area contributed by atoms with Crippen molar-refractivity contribution in [3.05, 3.63) is 16.5 Å². The number of hydrogen-bond acceptors (Lipinski definition) is 5. The Morgan fingerprint density at radius 1 is 1.33 bits per heavy atom. The number of nitrogens with zero attached hydrogens (tertiary/aromatic N) is 1. The van der Waals surface area contributed by atoms with Crippen molar-refractivity contribution in [2.45, 2.75) is 30.5 Å². The number of nitrogens with one attached hydrogen (secondary N) is 1. The summed E-state index contributed by atoms with van der Waals surface area (Å²) in [5.41, 5.74) is 0. The maximum Gasteiger partial charge on any atom is 0.250 e. The first-order valence-corrected chi connectivity index (χ1v) is 10.8. The predicted molar refractivity (Wildman–Crippen MR) is 85.8 cm³/mol. The second-order valence-electron chi connectivity index (χ2n) is 4.59. The Balaban J connectivity index is 2.70. The standard InChI is InChI=1S/C11H19ClN2O4S3/c1-4-9(2)14(20(3,15)16)8-7-13-21(17,18)11-6-5-10(12)19-11/h5-6,9,13H,4,7-8H2,1-3H3. The predicted octanol–water partition coefficient (Wildman–Crippen LogP) is 1.74. The molecule has 1 atom stereocenters. The van der Waals surface area contributed by atoms with Gasteiger partial charge >= 0.3 is 0 Å². The van der Waals surface area contributed by atoms with E-state index in [4.69, 9.17) is 11.6 Å². The van der Waals surface area contributed by atoms with Crippen LogP contribution in [0.2, 0.25) is 4.34 Å². The average Bonchev–Trinajstić information content (AvgIpc) is 2.80. The summed E-state index contributed by atoms with van der Waals surface area (Å²) >= 11 is 6.66. The van der Waals surface area contributed by atoms with E-state index in [1.54, 1.807) is 6.92 Å². The topological polar surface area (TPSA) is 83.6 Å². The van der Waals surface area contributed by atoms with E-state index in [0.717, 1.165) is 17.6 Å². The van der Waals surface area contributed by atoms with Crippen LogP contribution in [0.1, 0.15) is 20.3 Å². The van der Waals surface area contributed by atoms with Crippen molar-refractivity contribution in [1.29, 1.82) is 0 Å². The summed E-state index contributed by atoms with van der Waals surface area (Å²) < 4.78 is 51.5. The normalized spacial score (nSPS) is 14.5. The first-order valence-electron chi connectivity index (χ1n) is 6.29. The number of rotatable bonds is 8. The van der Waals surface area contributed by atoms with Crippen molar-refractivity contribution in [3.8, 4) is 0 Å². The molecule has 1 aromatic rings. The van der Waals surface area contributed by atoms with Crippen LogP contribution < -0.4 is 4.72 Å². The SMILES string of the molecule is CCC(C)N(CCNS(=O)(=O)c1ccc(Cl)s1)S(C)(=O)=O. The van der Waals surface area contributed by atoms with Gasteiger partial charge in [-0.25, -0.2) is 21.6 Å². The van der Waals surface area contributed by atoms with Gasteiger partial charge in [-0.3, -0.25) is 0 Å². The van der Waals surface area contributed by atoms with Crippen molar-refractivity contribution in [2.24, 2.45) is 0 Å². The van der Waals surface area contributed by atoms with E-state index in [9.17, 15) is 16.8 Å². The van der Waals surface area contributed by atoms with Crippen LogP contribution in [0.25, 0.3) is 0 Å². The number of sulfonamides is 2. The van der Waals surface area contributed by atoms with Gasteiger partial charge in [-0.05, 0) is 25.5 Å². The van der Waals surface area contributed by atoms with Crippen LogP contribution in [-0.2, 0) is 20.0 Å². The van der Waals surface area contributed by atoms with Crippen molar-refractivity contribution < 1.29 is 16.8 Å². The molecule has 0 aromatic carbocycles. The summed E-state index contributed by atoms with van der Waals surface area (Å²) in [6, 6.07) is 2.74. The number of thiophene rings is 1. The highest BCUT2D eigenvalue weighted by Crippen LogP contribution is 2.25. The molecule has 1 rings (SSSR count). The summed E-state index contributed by atoms with van der Waals surface area (Å²) in [4.78, 5) is 0. The molecular weight excluding hydrogens is 356 g/mol. The Hall–Kier alpha value is -0.190. The van der Waals surface area contributed by atoms with Crippen LogP contribution in [-0.4, -0.2) is 46.5 Å². The molecule has 10 heteroatoms. The zero-order valence-corrected chi connectivity index (χ0v) is 15.2. The molecule has 0 aliphatic heterocycles. The quantitative estimate of drug-likeness (QED) is 0.751. The third kappa shape index (κ3) is 5.50. The lowest BCUT2D eigenvalue weighted by Gasteiger charge is -2.25. The molecule has 0 aliphatic rings. The summed E-state index contributed by atoms with van der Waals surface area (Å²) in [5.74, 6) is 0. The number of halogens is 1. The second kappa shape index (κ2) is 7.38. The van der Waals surface area contributed by atoms with Crippen LogP contribution in [0.5, 0.6) is 0 Å². The van der Waals surface area contributed by atoms with Crippen LogP contribution in [0.3, 0.4) is 0 Å². The van der Waals surface area contributed by atoms with Crippen LogP contribution in [0.15, 0.2) is 16.3 Å². The third-order valence-electron chi connectivity index (χ3n) is 2.95. The minimum absolute atomic E-state index is 0.00919. The summed E-state index contributed by atoms with van der Waals surface area (Å²) in [6.45, 7) is 3.76. The summed E-state index contributed by atoms with van der Waals surface area (Å²) in [7, 11) is -7.02. The van der Waals surface area contributed by atoms with Crippen LogP contribution in [0.4, 0.5) is 0 Å². The third-order valence-corrected chi connectivity index (χ3v) is 7.52. The van der Waals surface area contributed by atoms with Gasteiger partial charge in [-0.15, -0.1) is 11.3 Å². The van der Waals surface area contributed by atoms with Crippen LogP contribution >= 0.6 is 22.9 Å². The van der Waals surface area contributed by atoms with E-state index in [1.807, 2.05) is 6.92 Å². The molecule has 1 unspecified atom stereocenters. The molecule has 0 amide bonds. The van der Waals surface area contributed by atoms with Crippen molar-refractivity contribution in [3.63, 3.8) is 0 Å². The average molecular weight is 375 g/mol. The lowest BCUT2D eigenvalue weighted by Crippen LogP contribution is -2.42. The van der Waals surface area contributed by atoms with Gasteiger partial charge in [0.2, 0.25) is 20.0 Å². The van der Waals surface area contributed by atoms with Gasteiger partial charge in [0.15, 0.2) is 0 Å². The fraction of sp³-hybridized carbons (Fsp3) is 0.636. The lowest BCUT2D eigenvalue weighted by atomic mass is 10.2. The van der Waals surface area contributed by atoms with Gasteiger partial charge in [-0.1, -0.05) is 18.5 Å². The van der Waals surface area contributed by atoms with Crippen LogP contribution in [0, 0.1) is 0 Å². The molecule has 122 valence electrons. The minimum atomic E-state index is -3.65. The van der Waals surface area contributed by atoms with Gasteiger partial charge < -0.3 is 0 Å². The van der Waals surface area contributed by atoms with E-state index in [2.05, 4.69) is 4.72 Å². The molecule has 0 spiro atoms. The van der Waals surface area contributed by atoms with Crippen molar-refractivity contribution in [2.75, 3.05) is 19.3 Å². The molecule has 1 heterocycles. The zero-order chi connectivity index (χ0) is 16.3. The van der Waals surface area contributed by atoms with Gasteiger partial charge in [0.25, 0.3) is 0 Å². The largest absolute Gasteiger partial charge is 0.250 e. The number of hydrogen-bond donors (Lipinski definition) is 1. The van der Waals surface area contributed by atoms with E-state index < -0.39 is 20.0 Å². The Kier molecular flexibility index (Phi) is 6.63. The molecule has 0 aliphatic carbocycles. The fourth-order valence-electron chi connectivity index (χ4n) is 1.72. The molecule has 21 heavy (non-hydrogen) atoms. The molecular formula is C11H19ClN2O4S3. The minimum Gasteiger partial charge on any atom is -0.212 e. The van der Waals surface area contributed by atoms with E-state index >= 15 is 0 Å². The first-order chi connectivity index (χ1) is 9.58. The zero-order valence-electron chi connectivity index (χ0n) is 12.0. The fourth-order valence-corrected chi connectivity index (χ4v) is 5.49. The Labute approximate surface area is 135 Å². The lowest BCUT2D eigenvalue weighted by molar-refractivity contribution is 0.335. The second-order valence-corrected chi connectivity index (χ2v) is 10.2. The maximum atomic E-state index is 12.0. The Morgan fingerprint density at radius 2 is 1.95 bits per heavy atom. The monoisotopic (exact) mass is 374 g/mol. The molecule has 0 saturated heterocycles.